The van der Waals surface area contributed by atoms with Crippen molar-refractivity contribution in [1.29, 1.82) is 0 Å². The summed E-state index contributed by atoms with van der Waals surface area (Å²) in [6.45, 7) is 7.60. The SMILES string of the molecule is CC.COc1ccccc1S(=O)Nc1ccc2oc(=O)c(C)c(C)c2c1. The standard InChI is InChI=1S/C18H17NO4S.C2H6/c1-11-12(2)18(20)23-15-9-8-13(10-14(11)15)19-24(21)17-7-5-4-6-16(17)22-3;1-2/h4-10,19H,1-3H3;1-2H3. The first-order valence-electron chi connectivity index (χ1n) is 8.37. The molecule has 6 heteroatoms. The van der Waals surface area contributed by atoms with Crippen LogP contribution in [0.2, 0.25) is 0 Å². The van der Waals surface area contributed by atoms with Crippen LogP contribution < -0.4 is 15.1 Å². The maximum atomic E-state index is 12.6. The molecule has 0 aliphatic heterocycles. The van der Waals surface area contributed by atoms with Crippen molar-refractivity contribution in [1.82, 2.24) is 0 Å². The maximum Gasteiger partial charge on any atom is 0.339 e. The van der Waals surface area contributed by atoms with E-state index in [9.17, 15) is 9.00 Å². The Morgan fingerprint density at radius 3 is 2.42 bits per heavy atom. The Morgan fingerprint density at radius 2 is 1.73 bits per heavy atom. The van der Waals surface area contributed by atoms with Crippen LogP contribution in [0.5, 0.6) is 5.75 Å². The van der Waals surface area contributed by atoms with Gasteiger partial charge in [-0.15, -0.1) is 0 Å². The third-order valence-electron chi connectivity index (χ3n) is 3.93. The van der Waals surface area contributed by atoms with Crippen LogP contribution in [-0.2, 0) is 11.0 Å². The Labute approximate surface area is 155 Å². The van der Waals surface area contributed by atoms with Crippen LogP contribution in [-0.4, -0.2) is 11.3 Å². The Bertz CT molecular complexity index is 995. The minimum absolute atomic E-state index is 0.335. The fourth-order valence-corrected chi connectivity index (χ4v) is 3.43. The molecule has 1 heterocycles. The fraction of sp³-hybridized carbons (Fsp3) is 0.250. The number of aryl methyl sites for hydroxylation is 1. The van der Waals surface area contributed by atoms with Gasteiger partial charge in [-0.25, -0.2) is 9.00 Å². The molecule has 0 saturated heterocycles. The van der Waals surface area contributed by atoms with E-state index in [0.717, 1.165) is 10.9 Å². The minimum atomic E-state index is -1.47. The van der Waals surface area contributed by atoms with E-state index >= 15 is 0 Å². The van der Waals surface area contributed by atoms with Gasteiger partial charge >= 0.3 is 5.63 Å². The largest absolute Gasteiger partial charge is 0.495 e. The van der Waals surface area contributed by atoms with Gasteiger partial charge in [0, 0.05) is 16.6 Å². The number of benzene rings is 2. The van der Waals surface area contributed by atoms with Crippen molar-refractivity contribution in [2.45, 2.75) is 32.6 Å². The molecule has 0 aliphatic rings. The Balaban J connectivity index is 0.00000117. The summed E-state index contributed by atoms with van der Waals surface area (Å²) in [5, 5.41) is 0.814. The van der Waals surface area contributed by atoms with E-state index in [1.54, 1.807) is 44.4 Å². The van der Waals surface area contributed by atoms with Gasteiger partial charge in [0.15, 0.2) is 11.0 Å². The van der Waals surface area contributed by atoms with E-state index in [-0.39, 0.29) is 5.63 Å². The van der Waals surface area contributed by atoms with E-state index in [1.165, 1.54) is 0 Å². The number of hydrogen-bond donors (Lipinski definition) is 1. The summed E-state index contributed by atoms with van der Waals surface area (Å²) in [6, 6.07) is 12.4. The number of para-hydroxylation sites is 1. The molecule has 0 amide bonds. The molecule has 0 fully saturated rings. The van der Waals surface area contributed by atoms with Crippen molar-refractivity contribution < 1.29 is 13.4 Å². The number of rotatable bonds is 4. The van der Waals surface area contributed by atoms with Gasteiger partial charge in [0.25, 0.3) is 0 Å². The molecule has 3 aromatic rings. The molecule has 0 spiro atoms. The molecule has 0 radical (unpaired) electrons. The first-order valence-corrected chi connectivity index (χ1v) is 9.51. The lowest BCUT2D eigenvalue weighted by atomic mass is 10.1. The smallest absolute Gasteiger partial charge is 0.339 e. The zero-order valence-electron chi connectivity index (χ0n) is 15.6. The lowest BCUT2D eigenvalue weighted by Crippen LogP contribution is -2.08. The minimum Gasteiger partial charge on any atom is -0.495 e. The number of methoxy groups -OCH3 is 1. The fourth-order valence-electron chi connectivity index (χ4n) is 2.44. The highest BCUT2D eigenvalue weighted by molar-refractivity contribution is 7.86. The molecule has 5 nitrogen and oxygen atoms in total. The second-order valence-corrected chi connectivity index (χ2v) is 6.55. The summed E-state index contributed by atoms with van der Waals surface area (Å²) in [5.74, 6) is 0.558. The van der Waals surface area contributed by atoms with Crippen molar-refractivity contribution in [3.8, 4) is 5.75 Å². The predicted octanol–water partition coefficient (Wildman–Crippen LogP) is 4.58. The van der Waals surface area contributed by atoms with Crippen molar-refractivity contribution in [3.63, 3.8) is 0 Å². The number of nitrogens with one attached hydrogen (secondary N) is 1. The van der Waals surface area contributed by atoms with Crippen LogP contribution in [0.25, 0.3) is 11.0 Å². The Hall–Kier alpha value is -2.60. The van der Waals surface area contributed by atoms with Gasteiger partial charge in [0.1, 0.15) is 16.2 Å². The monoisotopic (exact) mass is 373 g/mol. The van der Waals surface area contributed by atoms with E-state index in [2.05, 4.69) is 4.72 Å². The van der Waals surface area contributed by atoms with Crippen molar-refractivity contribution >= 4 is 27.6 Å². The van der Waals surface area contributed by atoms with Crippen molar-refractivity contribution in [2.24, 2.45) is 0 Å². The van der Waals surface area contributed by atoms with Gasteiger partial charge in [0.05, 0.1) is 7.11 Å². The van der Waals surface area contributed by atoms with Gasteiger partial charge < -0.3 is 13.9 Å². The van der Waals surface area contributed by atoms with Gasteiger partial charge in [-0.3, -0.25) is 0 Å². The second kappa shape index (κ2) is 8.67. The molecule has 0 saturated carbocycles. The molecule has 138 valence electrons. The first-order chi connectivity index (χ1) is 12.5. The molecule has 26 heavy (non-hydrogen) atoms. The van der Waals surface area contributed by atoms with E-state index in [4.69, 9.17) is 9.15 Å². The summed E-state index contributed by atoms with van der Waals surface area (Å²) in [5.41, 5.74) is 2.27. The zero-order chi connectivity index (χ0) is 19.3. The van der Waals surface area contributed by atoms with Crippen LogP contribution in [0, 0.1) is 13.8 Å². The van der Waals surface area contributed by atoms with Crippen LogP contribution in [0.3, 0.4) is 0 Å². The van der Waals surface area contributed by atoms with Crippen molar-refractivity contribution in [2.75, 3.05) is 11.8 Å². The summed E-state index contributed by atoms with van der Waals surface area (Å²) in [7, 11) is 0.0694. The molecule has 1 N–H and O–H groups in total. The number of anilines is 1. The van der Waals surface area contributed by atoms with Crippen LogP contribution in [0.1, 0.15) is 25.0 Å². The van der Waals surface area contributed by atoms with Crippen LogP contribution in [0.4, 0.5) is 5.69 Å². The molecule has 1 unspecified atom stereocenters. The molecule has 0 bridgehead atoms. The lowest BCUT2D eigenvalue weighted by molar-refractivity contribution is 0.404. The zero-order valence-corrected chi connectivity index (χ0v) is 16.4. The average molecular weight is 373 g/mol. The summed E-state index contributed by atoms with van der Waals surface area (Å²) < 4.78 is 26.1. The van der Waals surface area contributed by atoms with E-state index < -0.39 is 11.0 Å². The average Bonchev–Trinajstić information content (AvgIpc) is 2.68. The highest BCUT2D eigenvalue weighted by atomic mass is 32.2. The molecule has 2 aromatic carbocycles. The maximum absolute atomic E-state index is 12.6. The topological polar surface area (TPSA) is 68.5 Å². The number of fused-ring (bicyclic) bond motifs is 1. The van der Waals surface area contributed by atoms with Gasteiger partial charge in [0.2, 0.25) is 0 Å². The van der Waals surface area contributed by atoms with Crippen LogP contribution >= 0.6 is 0 Å². The third kappa shape index (κ3) is 3.96. The quantitative estimate of drug-likeness (QED) is 0.680. The van der Waals surface area contributed by atoms with Crippen LogP contribution in [0.15, 0.2) is 56.6 Å². The number of hydrogen-bond acceptors (Lipinski definition) is 4. The Kier molecular flexibility index (Phi) is 6.58. The molecular formula is C20H23NO4S. The number of ether oxygens (including phenoxy) is 1. The summed E-state index contributed by atoms with van der Waals surface area (Å²) in [6.07, 6.45) is 0. The lowest BCUT2D eigenvalue weighted by Gasteiger charge is -2.11. The summed E-state index contributed by atoms with van der Waals surface area (Å²) in [4.78, 5) is 12.3. The second-order valence-electron chi connectivity index (χ2n) is 5.37. The molecule has 3 rings (SSSR count). The van der Waals surface area contributed by atoms with E-state index in [1.807, 2.05) is 32.9 Å². The highest BCUT2D eigenvalue weighted by Crippen LogP contribution is 2.26. The molecule has 1 atom stereocenters. The van der Waals surface area contributed by atoms with Crippen molar-refractivity contribution in [3.05, 3.63) is 64.0 Å². The van der Waals surface area contributed by atoms with Gasteiger partial charge in [-0.1, -0.05) is 26.0 Å². The predicted molar refractivity (Wildman–Crippen MR) is 106 cm³/mol. The first kappa shape index (κ1) is 19.7. The van der Waals surface area contributed by atoms with Gasteiger partial charge in [-0.2, -0.15) is 0 Å². The third-order valence-corrected chi connectivity index (χ3v) is 5.09. The highest BCUT2D eigenvalue weighted by Gasteiger charge is 2.12. The van der Waals surface area contributed by atoms with E-state index in [0.29, 0.717) is 27.5 Å². The molecule has 1 aromatic heterocycles. The molecular weight excluding hydrogens is 350 g/mol. The normalized spacial score (nSPS) is 11.4. The molecule has 0 aliphatic carbocycles. The van der Waals surface area contributed by atoms with Gasteiger partial charge in [-0.05, 0) is 49.7 Å². The Morgan fingerprint density at radius 1 is 1.04 bits per heavy atom. The summed E-state index contributed by atoms with van der Waals surface area (Å²) >= 11 is 0.